The maximum atomic E-state index is 11.5. The highest BCUT2D eigenvalue weighted by atomic mass is 16.5. The lowest BCUT2D eigenvalue weighted by Crippen LogP contribution is -2.55. The summed E-state index contributed by atoms with van der Waals surface area (Å²) in [6.45, 7) is 5.98. The van der Waals surface area contributed by atoms with Crippen molar-refractivity contribution in [3.05, 3.63) is 0 Å². The van der Waals surface area contributed by atoms with Crippen LogP contribution in [0.5, 0.6) is 0 Å². The lowest BCUT2D eigenvalue weighted by molar-refractivity contribution is -0.162. The molecule has 2 atom stereocenters. The quantitative estimate of drug-likeness (QED) is 0.843. The molecule has 1 spiro atoms. The van der Waals surface area contributed by atoms with Gasteiger partial charge in [0, 0.05) is 32.4 Å². The van der Waals surface area contributed by atoms with E-state index in [2.05, 4.69) is 4.90 Å². The summed E-state index contributed by atoms with van der Waals surface area (Å²) in [5.41, 5.74) is -0.600. The Balaban J connectivity index is 1.67. The Labute approximate surface area is 126 Å². The third-order valence-corrected chi connectivity index (χ3v) is 5.63. The first-order valence-corrected chi connectivity index (χ1v) is 8.22. The largest absolute Gasteiger partial charge is 0.481 e. The van der Waals surface area contributed by atoms with Crippen molar-refractivity contribution in [1.29, 1.82) is 0 Å². The smallest absolute Gasteiger partial charge is 0.310 e. The predicted molar refractivity (Wildman–Crippen MR) is 78.3 cm³/mol. The van der Waals surface area contributed by atoms with E-state index >= 15 is 0 Å². The first-order valence-electron chi connectivity index (χ1n) is 8.22. The second kappa shape index (κ2) is 5.86. The van der Waals surface area contributed by atoms with E-state index in [4.69, 9.17) is 9.47 Å². The number of likely N-dealkylation sites (tertiary alicyclic amines) is 1. The minimum Gasteiger partial charge on any atom is -0.481 e. The fourth-order valence-electron chi connectivity index (χ4n) is 4.17. The number of hydrogen-bond donors (Lipinski definition) is 1. The number of piperidine rings is 1. The van der Waals surface area contributed by atoms with Gasteiger partial charge in [-0.2, -0.15) is 0 Å². The molecule has 0 radical (unpaired) electrons. The van der Waals surface area contributed by atoms with Crippen molar-refractivity contribution in [3.63, 3.8) is 0 Å². The number of aliphatic carboxylic acids is 1. The Hall–Kier alpha value is -0.650. The molecule has 2 unspecified atom stereocenters. The van der Waals surface area contributed by atoms with Crippen LogP contribution in [0.3, 0.4) is 0 Å². The van der Waals surface area contributed by atoms with Crippen molar-refractivity contribution in [2.75, 3.05) is 32.9 Å². The van der Waals surface area contributed by atoms with Crippen molar-refractivity contribution in [1.82, 2.24) is 4.90 Å². The summed E-state index contributed by atoms with van der Waals surface area (Å²) in [4.78, 5) is 13.9. The highest BCUT2D eigenvalue weighted by molar-refractivity contribution is 5.74. The molecular formula is C16H27NO4. The molecule has 5 heteroatoms. The van der Waals surface area contributed by atoms with Gasteiger partial charge in [-0.05, 0) is 52.0 Å². The molecule has 3 heterocycles. The van der Waals surface area contributed by atoms with Gasteiger partial charge in [-0.1, -0.05) is 0 Å². The molecule has 3 aliphatic rings. The van der Waals surface area contributed by atoms with Gasteiger partial charge in [0.15, 0.2) is 0 Å². The molecule has 120 valence electrons. The van der Waals surface area contributed by atoms with E-state index in [1.807, 2.05) is 6.92 Å². The highest BCUT2D eigenvalue weighted by Crippen LogP contribution is 2.39. The average Bonchev–Trinajstić information content (AvgIpc) is 2.48. The summed E-state index contributed by atoms with van der Waals surface area (Å²) in [5.74, 6) is -0.653. The Morgan fingerprint density at radius 3 is 2.71 bits per heavy atom. The molecule has 0 aromatic carbocycles. The third-order valence-electron chi connectivity index (χ3n) is 5.63. The van der Waals surface area contributed by atoms with Crippen LogP contribution in [0, 0.1) is 5.41 Å². The van der Waals surface area contributed by atoms with E-state index in [9.17, 15) is 9.90 Å². The Bertz CT molecular complexity index is 388. The maximum absolute atomic E-state index is 11.5. The summed E-state index contributed by atoms with van der Waals surface area (Å²) in [6, 6.07) is 0.468. The molecule has 3 rings (SSSR count). The lowest BCUT2D eigenvalue weighted by atomic mass is 9.78. The van der Waals surface area contributed by atoms with Gasteiger partial charge >= 0.3 is 5.97 Å². The van der Waals surface area contributed by atoms with Gasteiger partial charge in [-0.3, -0.25) is 9.69 Å². The topological polar surface area (TPSA) is 59.0 Å². The molecule has 0 aliphatic carbocycles. The number of carboxylic acids is 1. The molecule has 0 aromatic rings. The van der Waals surface area contributed by atoms with Gasteiger partial charge in [0.2, 0.25) is 0 Å². The van der Waals surface area contributed by atoms with Gasteiger partial charge < -0.3 is 14.6 Å². The van der Waals surface area contributed by atoms with Crippen LogP contribution in [0.4, 0.5) is 0 Å². The number of carboxylic acid groups (broad SMARTS) is 1. The summed E-state index contributed by atoms with van der Waals surface area (Å²) < 4.78 is 11.6. The number of rotatable bonds is 2. The molecule has 3 fully saturated rings. The standard InChI is InChI=1S/C16H27NO4/c1-15(14(18)19)4-2-7-17(12-15)13-3-8-21-16(11-13)5-9-20-10-6-16/h13H,2-12H2,1H3,(H,18,19). The molecule has 5 nitrogen and oxygen atoms in total. The summed E-state index contributed by atoms with van der Waals surface area (Å²) >= 11 is 0. The monoisotopic (exact) mass is 297 g/mol. The molecular weight excluding hydrogens is 270 g/mol. The zero-order valence-corrected chi connectivity index (χ0v) is 13.0. The van der Waals surface area contributed by atoms with E-state index in [0.717, 1.165) is 64.9 Å². The van der Waals surface area contributed by atoms with Crippen LogP contribution >= 0.6 is 0 Å². The normalized spacial score (nSPS) is 37.5. The molecule has 0 bridgehead atoms. The third kappa shape index (κ3) is 3.10. The zero-order chi connectivity index (χ0) is 14.9. The number of carbonyl (C=O) groups is 1. The van der Waals surface area contributed by atoms with Crippen molar-refractivity contribution in [2.45, 2.75) is 57.1 Å². The summed E-state index contributed by atoms with van der Waals surface area (Å²) in [6.07, 6.45) is 5.79. The van der Waals surface area contributed by atoms with Crippen molar-refractivity contribution >= 4 is 5.97 Å². The Kier molecular flexibility index (Phi) is 4.26. The molecule has 21 heavy (non-hydrogen) atoms. The number of ether oxygens (including phenoxy) is 2. The summed E-state index contributed by atoms with van der Waals surface area (Å²) in [7, 11) is 0. The van der Waals surface area contributed by atoms with Gasteiger partial charge in [0.1, 0.15) is 0 Å². The SMILES string of the molecule is CC1(C(=O)O)CCCN(C2CCOC3(CCOCC3)C2)C1. The second-order valence-corrected chi connectivity index (χ2v) is 7.23. The molecule has 3 aliphatic heterocycles. The van der Waals surface area contributed by atoms with Crippen molar-refractivity contribution in [3.8, 4) is 0 Å². The number of hydrogen-bond acceptors (Lipinski definition) is 4. The molecule has 0 aromatic heterocycles. The van der Waals surface area contributed by atoms with Crippen LogP contribution < -0.4 is 0 Å². The second-order valence-electron chi connectivity index (χ2n) is 7.23. The highest BCUT2D eigenvalue weighted by Gasteiger charge is 2.44. The molecule has 3 saturated heterocycles. The van der Waals surface area contributed by atoms with Gasteiger partial charge in [0.25, 0.3) is 0 Å². The van der Waals surface area contributed by atoms with Crippen LogP contribution in [0.2, 0.25) is 0 Å². The van der Waals surface area contributed by atoms with Crippen LogP contribution in [0.25, 0.3) is 0 Å². The fourth-order valence-corrected chi connectivity index (χ4v) is 4.17. The molecule has 0 amide bonds. The first-order chi connectivity index (χ1) is 10.0. The molecule has 1 N–H and O–H groups in total. The number of nitrogens with zero attached hydrogens (tertiary/aromatic N) is 1. The zero-order valence-electron chi connectivity index (χ0n) is 13.0. The van der Waals surface area contributed by atoms with Gasteiger partial charge in [0.05, 0.1) is 11.0 Å². The molecule has 0 saturated carbocycles. The van der Waals surface area contributed by atoms with E-state index < -0.39 is 11.4 Å². The lowest BCUT2D eigenvalue weighted by Gasteiger charge is -2.49. The van der Waals surface area contributed by atoms with Gasteiger partial charge in [-0.25, -0.2) is 0 Å². The van der Waals surface area contributed by atoms with Crippen molar-refractivity contribution in [2.24, 2.45) is 5.41 Å². The Morgan fingerprint density at radius 2 is 2.00 bits per heavy atom. The predicted octanol–water partition coefficient (Wildman–Crippen LogP) is 1.90. The van der Waals surface area contributed by atoms with Crippen LogP contribution in [-0.2, 0) is 14.3 Å². The average molecular weight is 297 g/mol. The van der Waals surface area contributed by atoms with E-state index in [1.165, 1.54) is 0 Å². The fraction of sp³-hybridized carbons (Fsp3) is 0.938. The van der Waals surface area contributed by atoms with E-state index in [-0.39, 0.29) is 5.60 Å². The first kappa shape index (κ1) is 15.3. The van der Waals surface area contributed by atoms with Gasteiger partial charge in [-0.15, -0.1) is 0 Å². The Morgan fingerprint density at radius 1 is 1.24 bits per heavy atom. The van der Waals surface area contributed by atoms with Crippen LogP contribution in [0.1, 0.15) is 45.4 Å². The minimum absolute atomic E-state index is 0.0156. The maximum Gasteiger partial charge on any atom is 0.310 e. The minimum atomic E-state index is -0.653. The van der Waals surface area contributed by atoms with Crippen molar-refractivity contribution < 1.29 is 19.4 Å². The summed E-state index contributed by atoms with van der Waals surface area (Å²) in [5, 5.41) is 9.49. The van der Waals surface area contributed by atoms with E-state index in [0.29, 0.717) is 12.6 Å². The van der Waals surface area contributed by atoms with E-state index in [1.54, 1.807) is 0 Å². The van der Waals surface area contributed by atoms with Crippen LogP contribution in [-0.4, -0.2) is 60.5 Å². The van der Waals surface area contributed by atoms with Crippen LogP contribution in [0.15, 0.2) is 0 Å².